The van der Waals surface area contributed by atoms with Crippen LogP contribution in [0.2, 0.25) is 0 Å². The first-order valence-corrected chi connectivity index (χ1v) is 15.9. The molecule has 1 aliphatic heterocycles. The standard InChI is InChI=1S/C35H52N4S/c1-10-13-29(14-11-2)17-16-25(3)38-34(35(7,8)9)28(6)39-22-12-15-32(39)26(4)36-23-30-18-20-31(21-19-30)33-27(5)37-24-40-33/h10,18-21,24,29,32,34,36,38H,1,3-4,6,11-17,22-23H2,2,5,7-9H3. The Kier molecular flexibility index (Phi) is 11.7. The molecule has 0 radical (unpaired) electrons. The van der Waals surface area contributed by atoms with Crippen LogP contribution in [-0.4, -0.2) is 28.5 Å². The van der Waals surface area contributed by atoms with Gasteiger partial charge >= 0.3 is 0 Å². The minimum Gasteiger partial charge on any atom is -0.383 e. The van der Waals surface area contributed by atoms with Crippen LogP contribution in [-0.2, 0) is 6.54 Å². The van der Waals surface area contributed by atoms with E-state index in [9.17, 15) is 0 Å². The molecule has 1 aromatic heterocycles. The molecule has 2 heterocycles. The summed E-state index contributed by atoms with van der Waals surface area (Å²) >= 11 is 1.69. The van der Waals surface area contributed by atoms with Gasteiger partial charge in [-0.25, -0.2) is 4.98 Å². The highest BCUT2D eigenvalue weighted by atomic mass is 32.1. The van der Waals surface area contributed by atoms with Crippen molar-refractivity contribution in [2.24, 2.45) is 11.3 Å². The van der Waals surface area contributed by atoms with Gasteiger partial charge in [-0.15, -0.1) is 17.9 Å². The van der Waals surface area contributed by atoms with Crippen LogP contribution in [0.4, 0.5) is 0 Å². The molecule has 2 N–H and O–H groups in total. The first-order valence-electron chi connectivity index (χ1n) is 15.0. The Hall–Kier alpha value is -2.79. The summed E-state index contributed by atoms with van der Waals surface area (Å²) in [6.45, 7) is 30.5. The molecule has 0 bridgehead atoms. The van der Waals surface area contributed by atoms with Crippen LogP contribution in [0.5, 0.6) is 0 Å². The van der Waals surface area contributed by atoms with Crippen LogP contribution in [0.3, 0.4) is 0 Å². The second-order valence-corrected chi connectivity index (χ2v) is 13.3. The Balaban J connectivity index is 1.60. The second kappa shape index (κ2) is 14.7. The Morgan fingerprint density at radius 2 is 1.90 bits per heavy atom. The number of benzene rings is 1. The number of hydrogen-bond donors (Lipinski definition) is 2. The van der Waals surface area contributed by atoms with Crippen molar-refractivity contribution in [1.82, 2.24) is 20.5 Å². The molecule has 1 fully saturated rings. The highest BCUT2D eigenvalue weighted by molar-refractivity contribution is 7.13. The summed E-state index contributed by atoms with van der Waals surface area (Å²) in [6, 6.07) is 9.14. The Bertz CT molecular complexity index is 1140. The van der Waals surface area contributed by atoms with Crippen molar-refractivity contribution < 1.29 is 0 Å². The van der Waals surface area contributed by atoms with E-state index < -0.39 is 0 Å². The van der Waals surface area contributed by atoms with E-state index in [0.717, 1.165) is 68.0 Å². The molecular formula is C35H52N4S. The van der Waals surface area contributed by atoms with E-state index in [0.29, 0.717) is 5.92 Å². The average molecular weight is 561 g/mol. The number of hydrogen-bond acceptors (Lipinski definition) is 5. The summed E-state index contributed by atoms with van der Waals surface area (Å²) in [4.78, 5) is 8.10. The Morgan fingerprint density at radius 1 is 1.18 bits per heavy atom. The maximum Gasteiger partial charge on any atom is 0.0801 e. The molecule has 0 aliphatic carbocycles. The van der Waals surface area contributed by atoms with Crippen LogP contribution in [0.25, 0.3) is 10.4 Å². The van der Waals surface area contributed by atoms with Gasteiger partial charge in [0.1, 0.15) is 0 Å². The summed E-state index contributed by atoms with van der Waals surface area (Å²) in [5.41, 5.74) is 8.79. The quantitative estimate of drug-likeness (QED) is 0.201. The summed E-state index contributed by atoms with van der Waals surface area (Å²) in [5.74, 6) is 0.683. The average Bonchev–Trinajstić information content (AvgIpc) is 3.58. The molecule has 1 aliphatic rings. The first-order chi connectivity index (χ1) is 19.0. The van der Waals surface area contributed by atoms with E-state index in [4.69, 9.17) is 0 Å². The second-order valence-electron chi connectivity index (χ2n) is 12.5. The Morgan fingerprint density at radius 3 is 2.50 bits per heavy atom. The number of nitrogens with zero attached hydrogens (tertiary/aromatic N) is 2. The largest absolute Gasteiger partial charge is 0.383 e. The van der Waals surface area contributed by atoms with Crippen LogP contribution >= 0.6 is 11.3 Å². The van der Waals surface area contributed by atoms with Crippen molar-refractivity contribution in [2.75, 3.05) is 6.54 Å². The topological polar surface area (TPSA) is 40.2 Å². The molecule has 3 rings (SSSR count). The van der Waals surface area contributed by atoms with Gasteiger partial charge in [0.25, 0.3) is 0 Å². The fourth-order valence-corrected chi connectivity index (χ4v) is 6.61. The summed E-state index contributed by atoms with van der Waals surface area (Å²) in [5, 5.41) is 7.43. The van der Waals surface area contributed by atoms with Crippen LogP contribution in [0.1, 0.15) is 83.9 Å². The number of allylic oxidation sites excluding steroid dienone is 2. The molecular weight excluding hydrogens is 508 g/mol. The number of nitrogens with one attached hydrogen (secondary N) is 2. The summed E-state index contributed by atoms with van der Waals surface area (Å²) in [7, 11) is 0. The van der Waals surface area contributed by atoms with Gasteiger partial charge in [-0.3, -0.25) is 0 Å². The van der Waals surface area contributed by atoms with Gasteiger partial charge in [0.15, 0.2) is 0 Å². The van der Waals surface area contributed by atoms with Gasteiger partial charge in [-0.2, -0.15) is 0 Å². The predicted octanol–water partition coefficient (Wildman–Crippen LogP) is 8.99. The van der Waals surface area contributed by atoms with Gasteiger partial charge in [-0.1, -0.05) is 90.6 Å². The molecule has 0 amide bonds. The monoisotopic (exact) mass is 560 g/mol. The molecule has 4 nitrogen and oxygen atoms in total. The van der Waals surface area contributed by atoms with Crippen LogP contribution < -0.4 is 10.6 Å². The third kappa shape index (κ3) is 8.60. The maximum atomic E-state index is 4.64. The van der Waals surface area contributed by atoms with Gasteiger partial charge in [-0.05, 0) is 61.5 Å². The number of aryl methyl sites for hydroxylation is 1. The zero-order valence-electron chi connectivity index (χ0n) is 25.7. The molecule has 2 aromatic rings. The van der Waals surface area contributed by atoms with E-state index in [2.05, 4.69) is 112 Å². The molecule has 218 valence electrons. The highest BCUT2D eigenvalue weighted by Crippen LogP contribution is 2.34. The number of thiazole rings is 1. The molecule has 5 heteroatoms. The van der Waals surface area contributed by atoms with Crippen molar-refractivity contribution in [3.8, 4) is 10.4 Å². The van der Waals surface area contributed by atoms with Crippen LogP contribution in [0, 0.1) is 18.3 Å². The number of rotatable bonds is 16. The molecule has 1 saturated heterocycles. The van der Waals surface area contributed by atoms with Crippen molar-refractivity contribution in [3.63, 3.8) is 0 Å². The molecule has 3 atom stereocenters. The lowest BCUT2D eigenvalue weighted by atomic mass is 9.83. The van der Waals surface area contributed by atoms with Crippen molar-refractivity contribution in [3.05, 3.63) is 90.5 Å². The van der Waals surface area contributed by atoms with E-state index in [-0.39, 0.29) is 17.5 Å². The van der Waals surface area contributed by atoms with E-state index in [1.54, 1.807) is 11.3 Å². The van der Waals surface area contributed by atoms with Gasteiger partial charge < -0.3 is 15.5 Å². The van der Waals surface area contributed by atoms with Crippen molar-refractivity contribution in [1.29, 1.82) is 0 Å². The molecule has 0 spiro atoms. The van der Waals surface area contributed by atoms with E-state index >= 15 is 0 Å². The summed E-state index contributed by atoms with van der Waals surface area (Å²) < 4.78 is 0. The van der Waals surface area contributed by atoms with Gasteiger partial charge in [0, 0.05) is 30.2 Å². The van der Waals surface area contributed by atoms with Crippen LogP contribution in [0.15, 0.2) is 79.3 Å². The number of aromatic nitrogens is 1. The maximum absolute atomic E-state index is 4.64. The van der Waals surface area contributed by atoms with E-state index in [1.807, 2.05) is 5.51 Å². The lowest BCUT2D eigenvalue weighted by Gasteiger charge is -2.41. The zero-order chi connectivity index (χ0) is 29.3. The first kappa shape index (κ1) is 31.7. The predicted molar refractivity (Wildman–Crippen MR) is 175 cm³/mol. The zero-order valence-corrected chi connectivity index (χ0v) is 26.5. The lowest BCUT2D eigenvalue weighted by molar-refractivity contribution is 0.236. The number of likely N-dealkylation sites (tertiary alicyclic amines) is 1. The fraction of sp³-hybridized carbons (Fsp3) is 0.514. The van der Waals surface area contributed by atoms with Gasteiger partial charge in [0.2, 0.25) is 0 Å². The third-order valence-electron chi connectivity index (χ3n) is 8.10. The normalized spacial score (nSPS) is 16.8. The molecule has 40 heavy (non-hydrogen) atoms. The smallest absolute Gasteiger partial charge is 0.0801 e. The molecule has 3 unspecified atom stereocenters. The minimum atomic E-state index is 0.00401. The van der Waals surface area contributed by atoms with Crippen molar-refractivity contribution >= 4 is 11.3 Å². The van der Waals surface area contributed by atoms with E-state index in [1.165, 1.54) is 28.8 Å². The highest BCUT2D eigenvalue weighted by Gasteiger charge is 2.35. The SMILES string of the molecule is C=CCC(CCC)CCC(=C)NC(C(=C)N1CCCC1C(=C)NCc1ccc(-c2scnc2C)cc1)C(C)(C)C. The van der Waals surface area contributed by atoms with Gasteiger partial charge in [0.05, 0.1) is 28.2 Å². The lowest BCUT2D eigenvalue weighted by Crippen LogP contribution is -2.48. The third-order valence-corrected chi connectivity index (χ3v) is 9.08. The molecule has 0 saturated carbocycles. The summed E-state index contributed by atoms with van der Waals surface area (Å²) in [6.07, 6.45) is 9.96. The fourth-order valence-electron chi connectivity index (χ4n) is 5.80. The molecule has 1 aromatic carbocycles. The minimum absolute atomic E-state index is 0.00401. The van der Waals surface area contributed by atoms with Crippen molar-refractivity contribution in [2.45, 2.75) is 98.2 Å². The Labute approximate surface area is 248 Å².